The Bertz CT molecular complexity index is 1290. The van der Waals surface area contributed by atoms with E-state index in [9.17, 15) is 18.0 Å². The van der Waals surface area contributed by atoms with Gasteiger partial charge in [0, 0.05) is 30.7 Å². The Labute approximate surface area is 173 Å². The Hall–Kier alpha value is -3.14. The number of rotatable bonds is 2. The number of anilines is 1. The highest BCUT2D eigenvalue weighted by atomic mass is 32.1. The van der Waals surface area contributed by atoms with Crippen LogP contribution in [0.3, 0.4) is 0 Å². The van der Waals surface area contributed by atoms with E-state index in [1.165, 1.54) is 11.0 Å². The Kier molecular flexibility index (Phi) is 4.04. The topological polar surface area (TPSA) is 56.0 Å². The number of carbonyl (C=O) groups excluding carboxylic acids is 1. The van der Waals surface area contributed by atoms with Crippen molar-refractivity contribution >= 4 is 33.1 Å². The van der Waals surface area contributed by atoms with Crippen molar-refractivity contribution in [3.8, 4) is 11.1 Å². The maximum absolute atomic E-state index is 13.3. The summed E-state index contributed by atoms with van der Waals surface area (Å²) in [4.78, 5) is 14.0. The summed E-state index contributed by atoms with van der Waals surface area (Å²) in [6.45, 7) is 2.15. The number of alkyl halides is 3. The van der Waals surface area contributed by atoms with Crippen molar-refractivity contribution in [3.05, 3.63) is 53.3 Å². The normalized spacial score (nSPS) is 17.0. The molecular weight excluding hydrogens is 415 g/mol. The van der Waals surface area contributed by atoms with E-state index >= 15 is 0 Å². The van der Waals surface area contributed by atoms with E-state index in [1.807, 2.05) is 38.4 Å². The monoisotopic (exact) mass is 431 g/mol. The summed E-state index contributed by atoms with van der Waals surface area (Å²) in [5.41, 5.74) is 2.66. The van der Waals surface area contributed by atoms with Crippen LogP contribution in [0.15, 0.2) is 42.7 Å². The number of benzene rings is 1. The van der Waals surface area contributed by atoms with Crippen molar-refractivity contribution in [2.24, 2.45) is 7.05 Å². The summed E-state index contributed by atoms with van der Waals surface area (Å²) in [5.74, 6) is -0.359. The summed E-state index contributed by atoms with van der Waals surface area (Å²) in [7, 11) is 1.83. The van der Waals surface area contributed by atoms with Gasteiger partial charge >= 0.3 is 6.18 Å². The van der Waals surface area contributed by atoms with E-state index in [2.05, 4.69) is 10.2 Å². The number of aromatic nitrogens is 4. The zero-order valence-corrected chi connectivity index (χ0v) is 16.8. The van der Waals surface area contributed by atoms with E-state index in [1.54, 1.807) is 15.6 Å². The van der Waals surface area contributed by atoms with E-state index < -0.39 is 11.1 Å². The summed E-state index contributed by atoms with van der Waals surface area (Å²) in [6, 6.07) is 7.87. The Balaban J connectivity index is 1.58. The second-order valence-electron chi connectivity index (χ2n) is 7.33. The number of fused-ring (bicyclic) bond motifs is 2. The zero-order chi connectivity index (χ0) is 21.2. The predicted octanol–water partition coefficient (Wildman–Crippen LogP) is 4.74. The third-order valence-corrected chi connectivity index (χ3v) is 6.33. The van der Waals surface area contributed by atoms with E-state index in [0.29, 0.717) is 22.6 Å². The minimum absolute atomic E-state index is 0.176. The fraction of sp³-hybridized carbons (Fsp3) is 0.250. The molecule has 0 saturated carbocycles. The number of aryl methyl sites for hydroxylation is 1. The third-order valence-electron chi connectivity index (χ3n) is 5.17. The highest BCUT2D eigenvalue weighted by Crippen LogP contribution is 2.40. The molecular formula is C20H16F3N5OS. The van der Waals surface area contributed by atoms with Crippen LogP contribution in [0.4, 0.5) is 18.2 Å². The molecule has 0 fully saturated rings. The fourth-order valence-electron chi connectivity index (χ4n) is 3.80. The van der Waals surface area contributed by atoms with Gasteiger partial charge in [-0.1, -0.05) is 6.07 Å². The van der Waals surface area contributed by atoms with Gasteiger partial charge in [-0.2, -0.15) is 23.4 Å². The molecule has 1 aromatic carbocycles. The first kappa shape index (κ1) is 18.9. The van der Waals surface area contributed by atoms with Crippen LogP contribution in [0.25, 0.3) is 22.0 Å². The first-order chi connectivity index (χ1) is 14.2. The van der Waals surface area contributed by atoms with Gasteiger partial charge in [-0.15, -0.1) is 11.3 Å². The van der Waals surface area contributed by atoms with Crippen molar-refractivity contribution in [1.29, 1.82) is 0 Å². The van der Waals surface area contributed by atoms with Crippen molar-refractivity contribution in [3.63, 3.8) is 0 Å². The highest BCUT2D eigenvalue weighted by molar-refractivity contribution is 7.16. The smallest absolute Gasteiger partial charge is 0.296 e. The molecule has 0 saturated heterocycles. The maximum Gasteiger partial charge on any atom is 0.425 e. The van der Waals surface area contributed by atoms with Crippen molar-refractivity contribution in [1.82, 2.24) is 19.6 Å². The minimum atomic E-state index is -4.43. The van der Waals surface area contributed by atoms with Gasteiger partial charge in [0.15, 0.2) is 0 Å². The first-order valence-electron chi connectivity index (χ1n) is 9.22. The molecule has 10 heteroatoms. The summed E-state index contributed by atoms with van der Waals surface area (Å²) >= 11 is 0.575. The van der Waals surface area contributed by atoms with Gasteiger partial charge in [-0.3, -0.25) is 19.1 Å². The van der Waals surface area contributed by atoms with Gasteiger partial charge < -0.3 is 0 Å². The number of thiophene rings is 1. The van der Waals surface area contributed by atoms with Gasteiger partial charge in [0.05, 0.1) is 22.8 Å². The number of hydrogen-bond acceptors (Lipinski definition) is 4. The van der Waals surface area contributed by atoms with Crippen LogP contribution >= 0.6 is 11.3 Å². The Morgan fingerprint density at radius 2 is 2.00 bits per heavy atom. The van der Waals surface area contributed by atoms with Gasteiger partial charge in [0.25, 0.3) is 5.91 Å². The van der Waals surface area contributed by atoms with Gasteiger partial charge in [0.1, 0.15) is 10.6 Å². The van der Waals surface area contributed by atoms with E-state index in [0.717, 1.165) is 22.5 Å². The number of amides is 1. The summed E-state index contributed by atoms with van der Waals surface area (Å²) in [5, 5.41) is 9.95. The fourth-order valence-corrected chi connectivity index (χ4v) is 4.69. The molecule has 1 amide bonds. The van der Waals surface area contributed by atoms with Crippen LogP contribution < -0.4 is 4.90 Å². The Morgan fingerprint density at radius 1 is 1.20 bits per heavy atom. The van der Waals surface area contributed by atoms with Crippen molar-refractivity contribution < 1.29 is 18.0 Å². The highest BCUT2D eigenvalue weighted by Gasteiger charge is 2.37. The molecule has 4 aromatic rings. The number of nitrogens with zero attached hydrogens (tertiary/aromatic N) is 5. The van der Waals surface area contributed by atoms with Crippen molar-refractivity contribution in [2.75, 3.05) is 11.4 Å². The molecule has 5 rings (SSSR count). The van der Waals surface area contributed by atoms with Crippen LogP contribution in [0, 0.1) is 0 Å². The third kappa shape index (κ3) is 2.90. The molecule has 0 unspecified atom stereocenters. The number of halogens is 3. The maximum atomic E-state index is 13.3. The van der Waals surface area contributed by atoms with Gasteiger partial charge in [0.2, 0.25) is 0 Å². The molecule has 0 bridgehead atoms. The Morgan fingerprint density at radius 3 is 2.73 bits per heavy atom. The first-order valence-corrected chi connectivity index (χ1v) is 10.0. The molecule has 1 atom stereocenters. The average molecular weight is 431 g/mol. The molecule has 3 aromatic heterocycles. The van der Waals surface area contributed by atoms with E-state index in [-0.39, 0.29) is 23.5 Å². The van der Waals surface area contributed by atoms with E-state index in [4.69, 9.17) is 0 Å². The minimum Gasteiger partial charge on any atom is -0.296 e. The predicted molar refractivity (Wildman–Crippen MR) is 108 cm³/mol. The van der Waals surface area contributed by atoms with Crippen LogP contribution in [0.5, 0.6) is 0 Å². The molecule has 1 aliphatic heterocycles. The van der Waals surface area contributed by atoms with Crippen LogP contribution in [0.2, 0.25) is 0 Å². The molecule has 0 spiro atoms. The molecule has 1 aliphatic rings. The van der Waals surface area contributed by atoms with Crippen molar-refractivity contribution in [2.45, 2.75) is 19.1 Å². The lowest BCUT2D eigenvalue weighted by atomic mass is 10.0. The lowest BCUT2D eigenvalue weighted by molar-refractivity contribution is -0.134. The molecule has 6 nitrogen and oxygen atoms in total. The standard InChI is InChI=1S/C20H16F3N5OS/c1-11-9-27(17-6-5-16(30-17)20(21,22)23)19(29)18-14(8-24-28(11)18)12-3-4-15-13(7-12)10-26(2)25-15/h3-8,10-11H,9H2,1-2H3/t11-/m0/s1. The molecule has 154 valence electrons. The SMILES string of the molecule is C[C@H]1CN(c2ccc(C(F)(F)F)s2)C(=O)c2c(-c3ccc4nn(C)cc4c3)cnn21. The van der Waals surface area contributed by atoms with Crippen LogP contribution in [-0.4, -0.2) is 32.0 Å². The lowest BCUT2D eigenvalue weighted by Crippen LogP contribution is -2.42. The van der Waals surface area contributed by atoms with Crippen LogP contribution in [0.1, 0.15) is 28.3 Å². The van der Waals surface area contributed by atoms with Crippen LogP contribution in [-0.2, 0) is 13.2 Å². The average Bonchev–Trinajstić information content (AvgIpc) is 3.39. The molecule has 30 heavy (non-hydrogen) atoms. The summed E-state index contributed by atoms with van der Waals surface area (Å²) < 4.78 is 42.5. The molecule has 0 N–H and O–H groups in total. The molecule has 4 heterocycles. The summed E-state index contributed by atoms with van der Waals surface area (Å²) in [6.07, 6.45) is -0.907. The quantitative estimate of drug-likeness (QED) is 0.461. The molecule has 0 aliphatic carbocycles. The number of carbonyl (C=O) groups is 1. The lowest BCUT2D eigenvalue weighted by Gasteiger charge is -2.31. The molecule has 0 radical (unpaired) electrons. The second kappa shape index (κ2) is 6.43. The zero-order valence-electron chi connectivity index (χ0n) is 16.0. The van der Waals surface area contributed by atoms with Gasteiger partial charge in [-0.05, 0) is 36.8 Å². The largest absolute Gasteiger partial charge is 0.425 e. The van der Waals surface area contributed by atoms with Gasteiger partial charge in [-0.25, -0.2) is 0 Å². The second-order valence-corrected chi connectivity index (χ2v) is 8.39. The number of hydrogen-bond donors (Lipinski definition) is 0.